The molecule has 0 aliphatic carbocycles. The van der Waals surface area contributed by atoms with Crippen LogP contribution in [0.3, 0.4) is 0 Å². The van der Waals surface area contributed by atoms with Crippen molar-refractivity contribution >= 4 is 29.5 Å². The average Bonchev–Trinajstić information content (AvgIpc) is 3.18. The van der Waals surface area contributed by atoms with E-state index in [1.165, 1.54) is 16.9 Å². The molecule has 37 heavy (non-hydrogen) atoms. The molecule has 190 valence electrons. The third kappa shape index (κ3) is 4.60. The van der Waals surface area contributed by atoms with Gasteiger partial charge in [-0.2, -0.15) is 0 Å². The van der Waals surface area contributed by atoms with Crippen LogP contribution in [0.25, 0.3) is 12.2 Å². The number of thiazole rings is 1. The van der Waals surface area contributed by atoms with Gasteiger partial charge in [-0.3, -0.25) is 9.36 Å². The molecule has 0 unspecified atom stereocenters. The number of hydrogen-bond donors (Lipinski definition) is 0. The zero-order valence-electron chi connectivity index (χ0n) is 21.6. The number of carbonyl (C=O) groups excluding carboxylic acids is 1. The van der Waals surface area contributed by atoms with Crippen LogP contribution in [0.15, 0.2) is 75.2 Å². The van der Waals surface area contributed by atoms with Gasteiger partial charge in [0, 0.05) is 5.56 Å². The summed E-state index contributed by atoms with van der Waals surface area (Å²) >= 11 is 1.32. The van der Waals surface area contributed by atoms with E-state index in [1.807, 2.05) is 49.4 Å². The van der Waals surface area contributed by atoms with Crippen LogP contribution < -0.4 is 19.6 Å². The van der Waals surface area contributed by atoms with Gasteiger partial charge in [0.2, 0.25) is 0 Å². The van der Waals surface area contributed by atoms with Gasteiger partial charge in [0.15, 0.2) is 4.80 Å². The summed E-state index contributed by atoms with van der Waals surface area (Å²) < 4.78 is 13.6. The Kier molecular flexibility index (Phi) is 6.73. The van der Waals surface area contributed by atoms with Crippen LogP contribution in [0.4, 0.5) is 0 Å². The number of esters is 1. The van der Waals surface area contributed by atoms with Gasteiger partial charge < -0.3 is 9.47 Å². The second kappa shape index (κ2) is 9.98. The molecule has 0 spiro atoms. The molecule has 2 aromatic carbocycles. The lowest BCUT2D eigenvalue weighted by Gasteiger charge is -2.25. The van der Waals surface area contributed by atoms with Crippen molar-refractivity contribution in [3.05, 3.63) is 102 Å². The Balaban J connectivity index is 1.68. The van der Waals surface area contributed by atoms with Crippen molar-refractivity contribution in [2.45, 2.75) is 52.7 Å². The topological polar surface area (TPSA) is 69.9 Å². The fourth-order valence-electron chi connectivity index (χ4n) is 4.74. The van der Waals surface area contributed by atoms with Crippen molar-refractivity contribution in [3.63, 3.8) is 0 Å². The maximum atomic E-state index is 13.9. The number of rotatable bonds is 5. The van der Waals surface area contributed by atoms with E-state index in [2.05, 4.69) is 37.0 Å². The van der Waals surface area contributed by atoms with Gasteiger partial charge in [-0.05, 0) is 61.6 Å². The third-order valence-electron chi connectivity index (χ3n) is 6.75. The van der Waals surface area contributed by atoms with Crippen LogP contribution in [0, 0.1) is 0 Å². The summed E-state index contributed by atoms with van der Waals surface area (Å²) in [5.74, 6) is 0.744. The summed E-state index contributed by atoms with van der Waals surface area (Å²) in [6, 6.07) is 15.3. The largest absolute Gasteiger partial charge is 0.485 e. The van der Waals surface area contributed by atoms with Gasteiger partial charge in [0.1, 0.15) is 11.9 Å². The smallest absolute Gasteiger partial charge is 0.338 e. The first kappa shape index (κ1) is 25.0. The summed E-state index contributed by atoms with van der Waals surface area (Å²) in [6.45, 7) is 10.1. The standard InChI is InChI=1S/C30H30N2O4S/c1-6-35-29(34)26-18(4)31-30-32(27(26)21-13-11-20(12-14-21)17(2)3)28(33)25(37-30)16-23-15-22-9-7-8-10-24(22)36-19(23)5/h7-17,19,27H,6H2,1-5H3/b25-16-/t19-,27+/m1/s1. The lowest BCUT2D eigenvalue weighted by Crippen LogP contribution is -2.40. The van der Waals surface area contributed by atoms with Crippen molar-refractivity contribution in [3.8, 4) is 5.75 Å². The maximum Gasteiger partial charge on any atom is 0.338 e. The number of carbonyl (C=O) groups is 1. The number of nitrogens with zero attached hydrogens (tertiary/aromatic N) is 2. The molecule has 3 aromatic rings. The molecular weight excluding hydrogens is 484 g/mol. The number of ether oxygens (including phenoxy) is 2. The van der Waals surface area contributed by atoms with Gasteiger partial charge in [-0.15, -0.1) is 0 Å². The molecule has 3 heterocycles. The lowest BCUT2D eigenvalue weighted by atomic mass is 9.93. The molecule has 2 atom stereocenters. The molecule has 0 bridgehead atoms. The SMILES string of the molecule is CCOC(=O)C1=C(C)N=c2s/c(=C\C3=Cc4ccccc4O[C@@H]3C)c(=O)n2[C@H]1c1ccc(C(C)C)cc1. The van der Waals surface area contributed by atoms with Crippen LogP contribution >= 0.6 is 11.3 Å². The molecule has 1 aromatic heterocycles. The Labute approximate surface area is 219 Å². The Morgan fingerprint density at radius 1 is 1.19 bits per heavy atom. The summed E-state index contributed by atoms with van der Waals surface area (Å²) in [5, 5.41) is 0. The van der Waals surface area contributed by atoms with Crippen molar-refractivity contribution in [1.82, 2.24) is 4.57 Å². The van der Waals surface area contributed by atoms with Crippen LogP contribution in [-0.2, 0) is 9.53 Å². The van der Waals surface area contributed by atoms with E-state index in [0.717, 1.165) is 22.4 Å². The number of aromatic nitrogens is 1. The molecule has 0 N–H and O–H groups in total. The Bertz CT molecular complexity index is 1610. The molecule has 6 nitrogen and oxygen atoms in total. The van der Waals surface area contributed by atoms with E-state index in [1.54, 1.807) is 18.4 Å². The molecule has 0 amide bonds. The number of benzene rings is 2. The normalized spacial score (nSPS) is 19.1. The van der Waals surface area contributed by atoms with Gasteiger partial charge in [0.05, 0.1) is 28.5 Å². The summed E-state index contributed by atoms with van der Waals surface area (Å²) in [4.78, 5) is 32.2. The fraction of sp³-hybridized carbons (Fsp3) is 0.300. The minimum absolute atomic E-state index is 0.192. The lowest BCUT2D eigenvalue weighted by molar-refractivity contribution is -0.139. The number of para-hydroxylation sites is 1. The van der Waals surface area contributed by atoms with E-state index in [4.69, 9.17) is 9.47 Å². The molecule has 0 saturated heterocycles. The molecule has 0 radical (unpaired) electrons. The van der Waals surface area contributed by atoms with Crippen LogP contribution in [0.2, 0.25) is 0 Å². The van der Waals surface area contributed by atoms with Gasteiger partial charge in [-0.25, -0.2) is 9.79 Å². The van der Waals surface area contributed by atoms with E-state index in [9.17, 15) is 9.59 Å². The van der Waals surface area contributed by atoms with Crippen molar-refractivity contribution < 1.29 is 14.3 Å². The minimum Gasteiger partial charge on any atom is -0.485 e. The van der Waals surface area contributed by atoms with Gasteiger partial charge in [-0.1, -0.05) is 67.6 Å². The molecular formula is C30H30N2O4S. The first-order valence-electron chi connectivity index (χ1n) is 12.5. The molecule has 0 fully saturated rings. The fourth-order valence-corrected chi connectivity index (χ4v) is 5.79. The minimum atomic E-state index is -0.617. The van der Waals surface area contributed by atoms with E-state index in [0.29, 0.717) is 26.5 Å². The van der Waals surface area contributed by atoms with Gasteiger partial charge in [0.25, 0.3) is 5.56 Å². The third-order valence-corrected chi connectivity index (χ3v) is 7.73. The highest BCUT2D eigenvalue weighted by Gasteiger charge is 2.33. The molecule has 5 rings (SSSR count). The predicted octanol–water partition coefficient (Wildman–Crippen LogP) is 4.74. The van der Waals surface area contributed by atoms with Gasteiger partial charge >= 0.3 is 5.97 Å². The predicted molar refractivity (Wildman–Crippen MR) is 146 cm³/mol. The highest BCUT2D eigenvalue weighted by molar-refractivity contribution is 7.07. The average molecular weight is 515 g/mol. The van der Waals surface area contributed by atoms with E-state index in [-0.39, 0.29) is 18.3 Å². The Hall–Kier alpha value is -3.71. The zero-order valence-corrected chi connectivity index (χ0v) is 22.5. The number of allylic oxidation sites excluding steroid dienone is 1. The molecule has 0 saturated carbocycles. The Morgan fingerprint density at radius 2 is 1.92 bits per heavy atom. The second-order valence-corrected chi connectivity index (χ2v) is 10.6. The highest BCUT2D eigenvalue weighted by atomic mass is 32.1. The van der Waals surface area contributed by atoms with Crippen molar-refractivity contribution in [2.24, 2.45) is 4.99 Å². The van der Waals surface area contributed by atoms with Crippen LogP contribution in [0.5, 0.6) is 5.75 Å². The van der Waals surface area contributed by atoms with Crippen LogP contribution in [0.1, 0.15) is 63.3 Å². The molecule has 7 heteroatoms. The number of fused-ring (bicyclic) bond motifs is 2. The maximum absolute atomic E-state index is 13.9. The molecule has 2 aliphatic rings. The van der Waals surface area contributed by atoms with E-state index < -0.39 is 12.0 Å². The first-order chi connectivity index (χ1) is 17.8. The summed E-state index contributed by atoms with van der Waals surface area (Å²) in [5.41, 5.74) is 4.67. The quantitative estimate of drug-likeness (QED) is 0.462. The molecule has 2 aliphatic heterocycles. The van der Waals surface area contributed by atoms with E-state index >= 15 is 0 Å². The summed E-state index contributed by atoms with van der Waals surface area (Å²) in [6.07, 6.45) is 3.73. The summed E-state index contributed by atoms with van der Waals surface area (Å²) in [7, 11) is 0. The monoisotopic (exact) mass is 514 g/mol. The number of hydrogen-bond acceptors (Lipinski definition) is 6. The first-order valence-corrected chi connectivity index (χ1v) is 13.4. The highest BCUT2D eigenvalue weighted by Crippen LogP contribution is 2.32. The van der Waals surface area contributed by atoms with Crippen LogP contribution in [-0.4, -0.2) is 23.2 Å². The Morgan fingerprint density at radius 3 is 2.62 bits per heavy atom. The van der Waals surface area contributed by atoms with Crippen molar-refractivity contribution in [1.29, 1.82) is 0 Å². The zero-order chi connectivity index (χ0) is 26.3. The van der Waals surface area contributed by atoms with Crippen molar-refractivity contribution in [2.75, 3.05) is 6.61 Å². The second-order valence-electron chi connectivity index (χ2n) is 9.57.